The summed E-state index contributed by atoms with van der Waals surface area (Å²) in [4.78, 5) is 16.5. The monoisotopic (exact) mass is 342 g/mol. The highest BCUT2D eigenvalue weighted by Crippen LogP contribution is 2.34. The Morgan fingerprint density at radius 1 is 1.36 bits per heavy atom. The molecule has 3 rings (SSSR count). The average molecular weight is 342 g/mol. The van der Waals surface area contributed by atoms with Crippen molar-refractivity contribution in [1.82, 2.24) is 9.80 Å². The highest BCUT2D eigenvalue weighted by molar-refractivity contribution is 5.97. The van der Waals surface area contributed by atoms with Crippen molar-refractivity contribution in [3.05, 3.63) is 30.0 Å². The maximum atomic E-state index is 12.6. The van der Waals surface area contributed by atoms with Crippen molar-refractivity contribution in [3.8, 4) is 17.6 Å². The molecular formula is C18H22N4O3. The number of piperidine rings is 1. The van der Waals surface area contributed by atoms with Gasteiger partial charge in [0.05, 0.1) is 0 Å². The zero-order chi connectivity index (χ0) is 17.8. The molecule has 1 N–H and O–H groups in total. The van der Waals surface area contributed by atoms with E-state index in [2.05, 4.69) is 17.3 Å². The SMILES string of the molecule is CN1CCC(N(C)C(=O)/C(C#N)=C\Nc2ccc3c(c2)OCO3)CC1. The van der Waals surface area contributed by atoms with Crippen LogP contribution in [-0.2, 0) is 4.79 Å². The first-order valence-electron chi connectivity index (χ1n) is 8.30. The van der Waals surface area contributed by atoms with Crippen LogP contribution in [0.2, 0.25) is 0 Å². The van der Waals surface area contributed by atoms with Gasteiger partial charge in [0, 0.05) is 31.0 Å². The van der Waals surface area contributed by atoms with E-state index in [0.29, 0.717) is 11.5 Å². The van der Waals surface area contributed by atoms with E-state index in [1.807, 2.05) is 12.1 Å². The first-order valence-corrected chi connectivity index (χ1v) is 8.30. The number of likely N-dealkylation sites (N-methyl/N-ethyl adjacent to an activating group) is 1. The van der Waals surface area contributed by atoms with Crippen LogP contribution >= 0.6 is 0 Å². The predicted molar refractivity (Wildman–Crippen MR) is 93.2 cm³/mol. The smallest absolute Gasteiger partial charge is 0.266 e. The Labute approximate surface area is 147 Å². The molecule has 0 aliphatic carbocycles. The standard InChI is InChI=1S/C18H22N4O3/c1-21-7-5-15(6-8-21)22(2)18(23)13(10-19)11-20-14-3-4-16-17(9-14)25-12-24-16/h3-4,9,11,15,20H,5-8,12H2,1-2H3/b13-11-. The van der Waals surface area contributed by atoms with Gasteiger partial charge in [0.1, 0.15) is 11.6 Å². The molecule has 0 saturated carbocycles. The molecule has 0 spiro atoms. The quantitative estimate of drug-likeness (QED) is 0.664. The lowest BCUT2D eigenvalue weighted by atomic mass is 10.0. The number of nitrogens with one attached hydrogen (secondary N) is 1. The molecular weight excluding hydrogens is 320 g/mol. The molecule has 0 unspecified atom stereocenters. The first kappa shape index (κ1) is 17.1. The molecule has 2 aliphatic heterocycles. The molecule has 2 heterocycles. The van der Waals surface area contributed by atoms with Crippen molar-refractivity contribution in [3.63, 3.8) is 0 Å². The van der Waals surface area contributed by atoms with Gasteiger partial charge in [-0.1, -0.05) is 0 Å². The van der Waals surface area contributed by atoms with E-state index in [9.17, 15) is 10.1 Å². The van der Waals surface area contributed by atoms with Gasteiger partial charge in [-0.05, 0) is 45.1 Å². The zero-order valence-electron chi connectivity index (χ0n) is 14.5. The number of nitriles is 1. The van der Waals surface area contributed by atoms with Crippen molar-refractivity contribution >= 4 is 11.6 Å². The number of hydrogen-bond donors (Lipinski definition) is 1. The summed E-state index contributed by atoms with van der Waals surface area (Å²) < 4.78 is 10.6. The van der Waals surface area contributed by atoms with Gasteiger partial charge in [0.2, 0.25) is 6.79 Å². The lowest BCUT2D eigenvalue weighted by molar-refractivity contribution is -0.128. The van der Waals surface area contributed by atoms with Crippen LogP contribution in [-0.4, -0.2) is 55.7 Å². The van der Waals surface area contributed by atoms with Crippen molar-refractivity contribution in [2.75, 3.05) is 39.3 Å². The highest BCUT2D eigenvalue weighted by Gasteiger charge is 2.26. The van der Waals surface area contributed by atoms with Gasteiger partial charge in [-0.3, -0.25) is 4.79 Å². The fraction of sp³-hybridized carbons (Fsp3) is 0.444. The second kappa shape index (κ2) is 7.45. The van der Waals surface area contributed by atoms with Crippen molar-refractivity contribution in [1.29, 1.82) is 5.26 Å². The zero-order valence-corrected chi connectivity index (χ0v) is 14.5. The van der Waals surface area contributed by atoms with Crippen molar-refractivity contribution in [2.45, 2.75) is 18.9 Å². The normalized spacial score (nSPS) is 17.9. The third-order valence-electron chi connectivity index (χ3n) is 4.66. The molecule has 132 valence electrons. The Morgan fingerprint density at radius 3 is 2.80 bits per heavy atom. The molecule has 7 nitrogen and oxygen atoms in total. The fourth-order valence-electron chi connectivity index (χ4n) is 3.02. The number of fused-ring (bicyclic) bond motifs is 1. The summed E-state index contributed by atoms with van der Waals surface area (Å²) in [7, 11) is 3.85. The van der Waals surface area contributed by atoms with E-state index in [1.165, 1.54) is 6.20 Å². The summed E-state index contributed by atoms with van der Waals surface area (Å²) in [5, 5.41) is 12.4. The van der Waals surface area contributed by atoms with E-state index in [1.54, 1.807) is 24.1 Å². The molecule has 1 fully saturated rings. The minimum Gasteiger partial charge on any atom is -0.454 e. The van der Waals surface area contributed by atoms with Gasteiger partial charge in [-0.15, -0.1) is 0 Å². The average Bonchev–Trinajstić information content (AvgIpc) is 3.10. The lowest BCUT2D eigenvalue weighted by Crippen LogP contribution is -2.44. The molecule has 1 aromatic rings. The molecule has 0 atom stereocenters. The second-order valence-electron chi connectivity index (χ2n) is 6.33. The van der Waals surface area contributed by atoms with Crippen LogP contribution in [0.3, 0.4) is 0 Å². The Morgan fingerprint density at radius 2 is 2.08 bits per heavy atom. The van der Waals surface area contributed by atoms with E-state index < -0.39 is 0 Å². The van der Waals surface area contributed by atoms with Crippen LogP contribution in [0, 0.1) is 11.3 Å². The summed E-state index contributed by atoms with van der Waals surface area (Å²) in [5.74, 6) is 1.07. The van der Waals surface area contributed by atoms with E-state index in [-0.39, 0.29) is 24.3 Å². The molecule has 2 aliphatic rings. The van der Waals surface area contributed by atoms with Gasteiger partial charge in [0.15, 0.2) is 11.5 Å². The Bertz CT molecular complexity index is 718. The maximum absolute atomic E-state index is 12.6. The Hall–Kier alpha value is -2.72. The van der Waals surface area contributed by atoms with Crippen LogP contribution in [0.5, 0.6) is 11.5 Å². The number of likely N-dealkylation sites (tertiary alicyclic amines) is 1. The summed E-state index contributed by atoms with van der Waals surface area (Å²) >= 11 is 0. The summed E-state index contributed by atoms with van der Waals surface area (Å²) in [6.07, 6.45) is 3.30. The summed E-state index contributed by atoms with van der Waals surface area (Å²) in [6, 6.07) is 7.54. The van der Waals surface area contributed by atoms with Gasteiger partial charge in [0.25, 0.3) is 5.91 Å². The fourth-order valence-corrected chi connectivity index (χ4v) is 3.02. The molecule has 0 bridgehead atoms. The topological polar surface area (TPSA) is 77.8 Å². The van der Waals surface area contributed by atoms with Gasteiger partial charge in [-0.25, -0.2) is 0 Å². The van der Waals surface area contributed by atoms with Crippen molar-refractivity contribution in [2.24, 2.45) is 0 Å². The van der Waals surface area contributed by atoms with E-state index in [4.69, 9.17) is 9.47 Å². The van der Waals surface area contributed by atoms with Gasteiger partial charge < -0.3 is 24.6 Å². The Kier molecular flexibility index (Phi) is 5.10. The van der Waals surface area contributed by atoms with Crippen LogP contribution in [0.4, 0.5) is 5.69 Å². The molecule has 25 heavy (non-hydrogen) atoms. The molecule has 0 aromatic heterocycles. The second-order valence-corrected chi connectivity index (χ2v) is 6.33. The molecule has 1 aromatic carbocycles. The minimum atomic E-state index is -0.259. The van der Waals surface area contributed by atoms with Gasteiger partial charge in [-0.2, -0.15) is 5.26 Å². The highest BCUT2D eigenvalue weighted by atomic mass is 16.7. The number of amides is 1. The third-order valence-corrected chi connectivity index (χ3v) is 4.66. The first-order chi connectivity index (χ1) is 12.1. The van der Waals surface area contributed by atoms with Crippen LogP contribution in [0.1, 0.15) is 12.8 Å². The molecule has 7 heteroatoms. The van der Waals surface area contributed by atoms with Crippen LogP contribution in [0.15, 0.2) is 30.0 Å². The number of nitrogens with zero attached hydrogens (tertiary/aromatic N) is 3. The number of benzene rings is 1. The Balaban J connectivity index is 1.65. The predicted octanol–water partition coefficient (Wildman–Crippen LogP) is 1.79. The minimum absolute atomic E-state index is 0.0825. The van der Waals surface area contributed by atoms with Gasteiger partial charge >= 0.3 is 0 Å². The number of carbonyl (C=O) groups excluding carboxylic acids is 1. The van der Waals surface area contributed by atoms with E-state index >= 15 is 0 Å². The number of ether oxygens (including phenoxy) is 2. The third kappa shape index (κ3) is 3.86. The van der Waals surface area contributed by atoms with Crippen molar-refractivity contribution < 1.29 is 14.3 Å². The summed E-state index contributed by atoms with van der Waals surface area (Å²) in [5.41, 5.74) is 0.811. The van der Waals surface area contributed by atoms with E-state index in [0.717, 1.165) is 31.6 Å². The number of anilines is 1. The maximum Gasteiger partial charge on any atom is 0.266 e. The number of rotatable bonds is 4. The largest absolute Gasteiger partial charge is 0.454 e. The number of carbonyl (C=O) groups is 1. The summed E-state index contributed by atoms with van der Waals surface area (Å²) in [6.45, 7) is 2.13. The molecule has 1 amide bonds. The van der Waals surface area contributed by atoms with Crippen LogP contribution in [0.25, 0.3) is 0 Å². The molecule has 1 saturated heterocycles. The number of hydrogen-bond acceptors (Lipinski definition) is 6. The molecule has 0 radical (unpaired) electrons. The van der Waals surface area contributed by atoms with Crippen LogP contribution < -0.4 is 14.8 Å². The lowest BCUT2D eigenvalue weighted by Gasteiger charge is -2.34.